The highest BCUT2D eigenvalue weighted by molar-refractivity contribution is 5.67. The molecule has 4 nitrogen and oxygen atoms in total. The van der Waals surface area contributed by atoms with Crippen LogP contribution in [-0.2, 0) is 4.79 Å². The van der Waals surface area contributed by atoms with Crippen LogP contribution >= 0.6 is 0 Å². The van der Waals surface area contributed by atoms with Crippen molar-refractivity contribution in [2.45, 2.75) is 0 Å². The Hall–Kier alpha value is -1.13. The minimum absolute atomic E-state index is 0.750. The van der Waals surface area contributed by atoms with E-state index in [1.54, 1.807) is 0 Å². The second kappa shape index (κ2) is 9.30. The average Bonchev–Trinajstić information content (AvgIpc) is 1.69. The zero-order valence-electron chi connectivity index (χ0n) is 4.10. The van der Waals surface area contributed by atoms with Gasteiger partial charge in [0.05, 0.1) is 6.34 Å². The molecule has 0 fully saturated rings. The third kappa shape index (κ3) is 96.4. The Morgan fingerprint density at radius 1 is 2.00 bits per heavy atom. The first-order chi connectivity index (χ1) is 3.68. The number of rotatable bonds is 1. The van der Waals surface area contributed by atoms with Crippen molar-refractivity contribution in [2.75, 3.05) is 6.67 Å². The zero-order chi connectivity index (χ0) is 6.99. The van der Waals surface area contributed by atoms with Crippen LogP contribution in [0, 0.1) is 5.41 Å². The molecule has 0 saturated carbocycles. The summed E-state index contributed by atoms with van der Waals surface area (Å²) in [5.74, 6) is -1.41. The van der Waals surface area contributed by atoms with Gasteiger partial charge in [0.25, 0.3) is 0 Å². The summed E-state index contributed by atoms with van der Waals surface area (Å²) in [6, 6.07) is 0. The van der Waals surface area contributed by atoms with Gasteiger partial charge in [-0.15, -0.1) is 0 Å². The molecule has 8 heavy (non-hydrogen) atoms. The number of alkyl halides is 1. The van der Waals surface area contributed by atoms with Crippen molar-refractivity contribution in [2.24, 2.45) is 5.73 Å². The van der Waals surface area contributed by atoms with E-state index < -0.39 is 12.6 Å². The van der Waals surface area contributed by atoms with Crippen LogP contribution in [0.2, 0.25) is 0 Å². The summed E-state index contributed by atoms with van der Waals surface area (Å²) in [6.07, 6.45) is 0.750. The van der Waals surface area contributed by atoms with Gasteiger partial charge in [0.2, 0.25) is 0 Å². The van der Waals surface area contributed by atoms with Crippen molar-refractivity contribution in [3.8, 4) is 0 Å². The molecule has 0 rings (SSSR count). The molecule has 0 aromatic rings. The lowest BCUT2D eigenvalue weighted by molar-refractivity contribution is -0.137. The maximum absolute atomic E-state index is 10.5. The number of nitrogens with two attached hydrogens (primary N) is 1. The van der Waals surface area contributed by atoms with E-state index in [2.05, 4.69) is 5.73 Å². The second-order valence-electron chi connectivity index (χ2n) is 0.694. The van der Waals surface area contributed by atoms with E-state index in [0.29, 0.717) is 0 Å². The minimum atomic E-state index is -1.41. The summed E-state index contributed by atoms with van der Waals surface area (Å²) in [5.41, 5.74) is 4.39. The largest absolute Gasteiger partial charge is 0.479 e. The van der Waals surface area contributed by atoms with Crippen molar-refractivity contribution in [3.05, 3.63) is 0 Å². The van der Waals surface area contributed by atoms with Crippen LogP contribution in [0.4, 0.5) is 4.39 Å². The molecule has 0 saturated heterocycles. The van der Waals surface area contributed by atoms with Crippen LogP contribution in [0.3, 0.4) is 0 Å². The summed E-state index contributed by atoms with van der Waals surface area (Å²) < 4.78 is 10.5. The van der Waals surface area contributed by atoms with Crippen molar-refractivity contribution in [3.63, 3.8) is 0 Å². The normalized spacial score (nSPS) is 6.12. The highest BCUT2D eigenvalue weighted by Gasteiger charge is 1.85. The average molecular weight is 122 g/mol. The second-order valence-corrected chi connectivity index (χ2v) is 0.694. The highest BCUT2D eigenvalue weighted by Crippen LogP contribution is 1.60. The highest BCUT2D eigenvalue weighted by atomic mass is 19.1. The summed E-state index contributed by atoms with van der Waals surface area (Å²) >= 11 is 0. The molecule has 0 aromatic carbocycles. The van der Waals surface area contributed by atoms with Crippen molar-refractivity contribution in [1.82, 2.24) is 0 Å². The molecule has 0 amide bonds. The molecule has 0 aliphatic carbocycles. The number of hydrogen-bond acceptors (Lipinski definition) is 2. The fourth-order valence-corrected chi connectivity index (χ4v) is 0. The number of carboxylic acid groups (broad SMARTS) is 1. The lowest BCUT2D eigenvalue weighted by atomic mass is 10.8. The Morgan fingerprint density at radius 3 is 2.12 bits per heavy atom. The molecule has 0 radical (unpaired) electrons. The van der Waals surface area contributed by atoms with E-state index in [-0.39, 0.29) is 0 Å². The SMILES string of the molecule is N=CN.O=C(O)CF. The number of hydrogen-bond donors (Lipinski definition) is 3. The first kappa shape index (κ1) is 9.98. The van der Waals surface area contributed by atoms with Gasteiger partial charge in [-0.25, -0.2) is 9.18 Å². The van der Waals surface area contributed by atoms with Gasteiger partial charge in [0.1, 0.15) is 0 Å². The number of carbonyl (C=O) groups is 1. The topological polar surface area (TPSA) is 87.2 Å². The van der Waals surface area contributed by atoms with Crippen LogP contribution in [0.15, 0.2) is 0 Å². The van der Waals surface area contributed by atoms with Gasteiger partial charge >= 0.3 is 5.97 Å². The Kier molecular flexibility index (Phi) is 11.6. The molecule has 0 aromatic heterocycles. The zero-order valence-corrected chi connectivity index (χ0v) is 4.10. The van der Waals surface area contributed by atoms with E-state index in [9.17, 15) is 4.39 Å². The molecule has 0 bridgehead atoms. The number of carboxylic acids is 1. The predicted octanol–water partition coefficient (Wildman–Crippen LogP) is -0.407. The van der Waals surface area contributed by atoms with E-state index in [1.165, 1.54) is 0 Å². The van der Waals surface area contributed by atoms with E-state index in [0.717, 1.165) is 6.34 Å². The van der Waals surface area contributed by atoms with Gasteiger partial charge in [-0.1, -0.05) is 0 Å². The summed E-state index contributed by atoms with van der Waals surface area (Å²) in [4.78, 5) is 8.99. The van der Waals surface area contributed by atoms with Crippen LogP contribution < -0.4 is 5.73 Å². The molecule has 0 spiro atoms. The first-order valence-corrected chi connectivity index (χ1v) is 1.67. The van der Waals surface area contributed by atoms with Crippen LogP contribution in [0.25, 0.3) is 0 Å². The predicted molar refractivity (Wildman–Crippen MR) is 26.6 cm³/mol. The Morgan fingerprint density at radius 2 is 2.12 bits per heavy atom. The quantitative estimate of drug-likeness (QED) is 0.326. The van der Waals surface area contributed by atoms with Gasteiger partial charge in [-0.05, 0) is 0 Å². The minimum Gasteiger partial charge on any atom is -0.479 e. The van der Waals surface area contributed by atoms with Crippen LogP contribution in [-0.4, -0.2) is 24.1 Å². The Labute approximate surface area is 45.6 Å². The molecule has 0 unspecified atom stereocenters. The molecule has 0 atom stereocenters. The van der Waals surface area contributed by atoms with Gasteiger partial charge in [0.15, 0.2) is 6.67 Å². The summed E-state index contributed by atoms with van der Waals surface area (Å²) in [6.45, 7) is -1.28. The van der Waals surface area contributed by atoms with Crippen molar-refractivity contribution < 1.29 is 14.3 Å². The molecular weight excluding hydrogens is 115 g/mol. The Balaban J connectivity index is 0. The van der Waals surface area contributed by atoms with Gasteiger partial charge < -0.3 is 10.8 Å². The smallest absolute Gasteiger partial charge is 0.335 e. The van der Waals surface area contributed by atoms with Crippen molar-refractivity contribution >= 4 is 12.3 Å². The maximum Gasteiger partial charge on any atom is 0.335 e. The summed E-state index contributed by atoms with van der Waals surface area (Å²) in [7, 11) is 0. The number of halogens is 1. The third-order valence-corrected chi connectivity index (χ3v) is 0.114. The van der Waals surface area contributed by atoms with Crippen LogP contribution in [0.5, 0.6) is 0 Å². The van der Waals surface area contributed by atoms with Gasteiger partial charge in [0, 0.05) is 0 Å². The third-order valence-electron chi connectivity index (χ3n) is 0.114. The maximum atomic E-state index is 10.5. The number of nitrogens with one attached hydrogen (secondary N) is 1. The lowest BCUT2D eigenvalue weighted by Crippen LogP contribution is -1.93. The Bertz CT molecular complexity index is 75.7. The number of aliphatic carboxylic acids is 1. The van der Waals surface area contributed by atoms with Gasteiger partial charge in [-0.2, -0.15) is 0 Å². The molecule has 4 N–H and O–H groups in total. The molecular formula is C3H7FN2O2. The molecule has 5 heteroatoms. The monoisotopic (exact) mass is 122 g/mol. The van der Waals surface area contributed by atoms with E-state index in [1.807, 2.05) is 0 Å². The first-order valence-electron chi connectivity index (χ1n) is 1.67. The molecule has 48 valence electrons. The lowest BCUT2D eigenvalue weighted by Gasteiger charge is -1.69. The van der Waals surface area contributed by atoms with E-state index in [4.69, 9.17) is 15.3 Å². The fourth-order valence-electron chi connectivity index (χ4n) is 0. The van der Waals surface area contributed by atoms with Crippen molar-refractivity contribution in [1.29, 1.82) is 5.41 Å². The summed E-state index contributed by atoms with van der Waals surface area (Å²) in [5, 5.41) is 13.2. The van der Waals surface area contributed by atoms with Crippen LogP contribution in [0.1, 0.15) is 0 Å². The fraction of sp³-hybridized carbons (Fsp3) is 0.333. The van der Waals surface area contributed by atoms with E-state index >= 15 is 0 Å². The standard InChI is InChI=1S/C2H3FO2.CH4N2/c3-1-2(4)5;2-1-3/h1H2,(H,4,5);1H,(H3,2,3). The molecule has 0 heterocycles. The molecule has 0 aliphatic rings. The van der Waals surface area contributed by atoms with Gasteiger partial charge in [-0.3, -0.25) is 5.41 Å². The molecule has 0 aliphatic heterocycles.